The van der Waals surface area contributed by atoms with Crippen LogP contribution >= 0.6 is 0 Å². The molecule has 1 aliphatic carbocycles. The fourth-order valence-electron chi connectivity index (χ4n) is 2.68. The highest BCUT2D eigenvalue weighted by Crippen LogP contribution is 2.46. The van der Waals surface area contributed by atoms with Crippen molar-refractivity contribution >= 4 is 5.78 Å². The lowest BCUT2D eigenvalue weighted by Crippen LogP contribution is -2.50. The monoisotopic (exact) mass is 307 g/mol. The molecular weight excluding hydrogens is 278 g/mol. The van der Waals surface area contributed by atoms with E-state index >= 15 is 0 Å². The molecule has 4 heteroatoms. The van der Waals surface area contributed by atoms with Crippen molar-refractivity contribution < 1.29 is 9.72 Å². The molecule has 0 heterocycles. The molecule has 0 N–H and O–H groups in total. The lowest BCUT2D eigenvalue weighted by molar-refractivity contribution is -0.559. The largest absolute Gasteiger partial charge is 0.289 e. The van der Waals surface area contributed by atoms with Gasteiger partial charge in [-0.25, -0.2) is 0 Å². The smallest absolute Gasteiger partial charge is 0.264 e. The number of allylic oxidation sites excluding steroid dienone is 2. The summed E-state index contributed by atoms with van der Waals surface area (Å²) in [5, 5.41) is 12.0. The molecule has 0 aromatic carbocycles. The summed E-state index contributed by atoms with van der Waals surface area (Å²) in [4.78, 5) is 24.6. The molecule has 0 radical (unpaired) electrons. The molecule has 0 aliphatic heterocycles. The van der Waals surface area contributed by atoms with Crippen molar-refractivity contribution in [1.29, 1.82) is 0 Å². The number of rotatable bonds is 1. The van der Waals surface area contributed by atoms with Crippen molar-refractivity contribution in [2.75, 3.05) is 0 Å². The van der Waals surface area contributed by atoms with E-state index in [1.807, 2.05) is 62.3 Å². The van der Waals surface area contributed by atoms with Gasteiger partial charge in [-0.1, -0.05) is 62.3 Å². The van der Waals surface area contributed by atoms with E-state index in [1.54, 1.807) is 12.2 Å². The van der Waals surface area contributed by atoms with Gasteiger partial charge in [0.05, 0.1) is 0 Å². The van der Waals surface area contributed by atoms with Crippen LogP contribution in [0.5, 0.6) is 0 Å². The molecule has 0 atom stereocenters. The third-order valence-corrected chi connectivity index (χ3v) is 4.34. The summed E-state index contributed by atoms with van der Waals surface area (Å²) >= 11 is 0. The first-order chi connectivity index (χ1) is 9.54. The van der Waals surface area contributed by atoms with Crippen LogP contribution in [0.25, 0.3) is 0 Å². The van der Waals surface area contributed by atoms with E-state index in [1.165, 1.54) is 0 Å². The molecule has 0 saturated heterocycles. The van der Waals surface area contributed by atoms with E-state index in [2.05, 4.69) is 0 Å². The highest BCUT2D eigenvalue weighted by Gasteiger charge is 2.55. The maximum atomic E-state index is 12.9. The third-order valence-electron chi connectivity index (χ3n) is 4.34. The predicted octanol–water partition coefficient (Wildman–Crippen LogP) is 4.58. The second-order valence-electron chi connectivity index (χ2n) is 9.28. The number of nitro groups is 1. The zero-order valence-electron chi connectivity index (χ0n) is 15.3. The Morgan fingerprint density at radius 2 is 1.18 bits per heavy atom. The normalized spacial score (nSPS) is 19.6. The van der Waals surface area contributed by atoms with Gasteiger partial charge in [0.1, 0.15) is 0 Å². The molecule has 0 fully saturated rings. The van der Waals surface area contributed by atoms with Crippen molar-refractivity contribution in [3.63, 3.8) is 0 Å². The number of hydrogen-bond donors (Lipinski definition) is 0. The number of carbonyl (C=O) groups excluding carboxylic acids is 1. The van der Waals surface area contributed by atoms with Gasteiger partial charge in [0.25, 0.3) is 5.54 Å². The Bertz CT molecular complexity index is 527. The number of nitrogens with zero attached hydrogens (tertiary/aromatic N) is 1. The summed E-state index contributed by atoms with van der Waals surface area (Å²) in [6.07, 6.45) is 3.18. The van der Waals surface area contributed by atoms with Crippen LogP contribution in [-0.4, -0.2) is 16.2 Å². The first kappa shape index (κ1) is 18.6. The molecule has 0 aromatic rings. The molecular formula is C18H29NO3. The van der Waals surface area contributed by atoms with Crippen LogP contribution in [0.3, 0.4) is 0 Å². The van der Waals surface area contributed by atoms with Crippen LogP contribution in [0.15, 0.2) is 23.3 Å². The summed E-state index contributed by atoms with van der Waals surface area (Å²) in [6, 6.07) is 0. The van der Waals surface area contributed by atoms with Gasteiger partial charge in [0, 0.05) is 33.6 Å². The highest BCUT2D eigenvalue weighted by molar-refractivity contribution is 6.11. The average Bonchev–Trinajstić information content (AvgIpc) is 2.23. The first-order valence-electron chi connectivity index (χ1n) is 7.70. The number of ketones is 1. The van der Waals surface area contributed by atoms with Gasteiger partial charge in [0.2, 0.25) is 0 Å². The molecule has 22 heavy (non-hydrogen) atoms. The predicted molar refractivity (Wildman–Crippen MR) is 89.3 cm³/mol. The minimum absolute atomic E-state index is 0.0678. The summed E-state index contributed by atoms with van der Waals surface area (Å²) in [5.41, 5.74) is -1.81. The zero-order valence-corrected chi connectivity index (χ0v) is 15.3. The van der Waals surface area contributed by atoms with E-state index < -0.39 is 21.8 Å². The maximum absolute atomic E-state index is 12.9. The highest BCUT2D eigenvalue weighted by atomic mass is 16.6. The van der Waals surface area contributed by atoms with Crippen LogP contribution in [0.2, 0.25) is 0 Å². The van der Waals surface area contributed by atoms with Crippen LogP contribution in [-0.2, 0) is 4.79 Å². The van der Waals surface area contributed by atoms with E-state index in [0.29, 0.717) is 11.1 Å². The van der Waals surface area contributed by atoms with E-state index in [9.17, 15) is 14.9 Å². The lowest BCUT2D eigenvalue weighted by Gasteiger charge is -2.40. The fourth-order valence-corrected chi connectivity index (χ4v) is 2.68. The molecule has 0 bridgehead atoms. The van der Waals surface area contributed by atoms with Crippen LogP contribution < -0.4 is 0 Å². The number of hydrogen-bond acceptors (Lipinski definition) is 3. The molecule has 1 aliphatic rings. The van der Waals surface area contributed by atoms with Gasteiger partial charge < -0.3 is 0 Å². The SMILES string of the molecule is CC(C)(C)C1=CC([N+](=O)[O-])(C(C)(C)C)C=C(C(C)(C)C)C1=O. The van der Waals surface area contributed by atoms with Crippen molar-refractivity contribution in [2.45, 2.75) is 67.9 Å². The quantitative estimate of drug-likeness (QED) is 0.526. The Morgan fingerprint density at radius 3 is 1.36 bits per heavy atom. The van der Waals surface area contributed by atoms with Crippen molar-refractivity contribution in [3.05, 3.63) is 33.4 Å². The molecule has 0 spiro atoms. The number of Topliss-reactive ketones (excluding diaryl/α,β-unsaturated/α-hetero) is 1. The Balaban J connectivity index is 3.82. The Labute approximate surface area is 133 Å². The van der Waals surface area contributed by atoms with E-state index in [4.69, 9.17) is 0 Å². The van der Waals surface area contributed by atoms with E-state index in [0.717, 1.165) is 0 Å². The molecule has 4 nitrogen and oxygen atoms in total. The second-order valence-corrected chi connectivity index (χ2v) is 9.28. The van der Waals surface area contributed by atoms with Crippen LogP contribution in [0.1, 0.15) is 62.3 Å². The van der Waals surface area contributed by atoms with Crippen molar-refractivity contribution in [2.24, 2.45) is 16.2 Å². The number of carbonyl (C=O) groups is 1. The van der Waals surface area contributed by atoms with Gasteiger partial charge in [-0.05, 0) is 10.8 Å². The Kier molecular flexibility index (Phi) is 4.26. The summed E-state index contributed by atoms with van der Waals surface area (Å²) < 4.78 is 0. The molecule has 1 rings (SSSR count). The lowest BCUT2D eigenvalue weighted by atomic mass is 9.63. The average molecular weight is 307 g/mol. The Hall–Kier alpha value is -1.45. The zero-order chi connectivity index (χ0) is 17.7. The summed E-state index contributed by atoms with van der Waals surface area (Å²) in [6.45, 7) is 17.1. The minimum Gasteiger partial charge on any atom is -0.289 e. The van der Waals surface area contributed by atoms with E-state index in [-0.39, 0.29) is 10.7 Å². The topological polar surface area (TPSA) is 60.2 Å². The minimum atomic E-state index is -1.37. The van der Waals surface area contributed by atoms with Gasteiger partial charge in [0.15, 0.2) is 5.78 Å². The van der Waals surface area contributed by atoms with Crippen molar-refractivity contribution in [1.82, 2.24) is 0 Å². The standard InChI is InChI=1S/C18H29NO3/c1-15(2,3)12-10-18(19(21)22,17(7,8)9)11-13(14(12)20)16(4,5)6/h10-11H,1-9H3. The molecule has 0 amide bonds. The summed E-state index contributed by atoms with van der Waals surface area (Å²) in [7, 11) is 0. The molecule has 0 aromatic heterocycles. The van der Waals surface area contributed by atoms with Gasteiger partial charge in [-0.2, -0.15) is 0 Å². The van der Waals surface area contributed by atoms with Gasteiger partial charge in [-0.3, -0.25) is 14.9 Å². The summed E-state index contributed by atoms with van der Waals surface area (Å²) in [5.74, 6) is -0.0678. The third kappa shape index (κ3) is 3.01. The van der Waals surface area contributed by atoms with Crippen LogP contribution in [0.4, 0.5) is 0 Å². The molecule has 0 saturated carbocycles. The first-order valence-corrected chi connectivity index (χ1v) is 7.70. The van der Waals surface area contributed by atoms with Crippen molar-refractivity contribution in [3.8, 4) is 0 Å². The fraction of sp³-hybridized carbons (Fsp3) is 0.722. The maximum Gasteiger partial charge on any atom is 0.264 e. The van der Waals surface area contributed by atoms with Crippen LogP contribution in [0, 0.1) is 26.4 Å². The second kappa shape index (κ2) is 5.04. The molecule has 124 valence electrons. The Morgan fingerprint density at radius 1 is 0.864 bits per heavy atom. The van der Waals surface area contributed by atoms with Gasteiger partial charge >= 0.3 is 0 Å². The van der Waals surface area contributed by atoms with Gasteiger partial charge in [-0.15, -0.1) is 0 Å². The molecule has 0 unspecified atom stereocenters.